The fraction of sp³-hybridized carbons (Fsp3) is 0.286. The van der Waals surface area contributed by atoms with Gasteiger partial charge in [0.25, 0.3) is 5.91 Å². The van der Waals surface area contributed by atoms with E-state index in [-0.39, 0.29) is 18.4 Å². The number of nitrogens with zero attached hydrogens (tertiary/aromatic N) is 2. The van der Waals surface area contributed by atoms with E-state index in [1.807, 2.05) is 85.8 Å². The summed E-state index contributed by atoms with van der Waals surface area (Å²) in [5.74, 6) is -0.0251. The van der Waals surface area contributed by atoms with Crippen molar-refractivity contribution >= 4 is 17.5 Å². The summed E-state index contributed by atoms with van der Waals surface area (Å²) < 4.78 is 11.4. The van der Waals surface area contributed by atoms with Crippen LogP contribution in [0.1, 0.15) is 30.5 Å². The fourth-order valence-corrected chi connectivity index (χ4v) is 4.73. The summed E-state index contributed by atoms with van der Waals surface area (Å²) >= 11 is 0. The molecule has 0 unspecified atom stereocenters. The number of hydrogen-bond acceptors (Lipinski definition) is 6. The lowest BCUT2D eigenvalue weighted by molar-refractivity contribution is -0.143. The molecule has 3 aromatic carbocycles. The number of para-hydroxylation sites is 1. The zero-order valence-corrected chi connectivity index (χ0v) is 19.8. The molecule has 2 saturated heterocycles. The molecule has 2 aliphatic heterocycles. The monoisotopic (exact) mass is 472 g/mol. The molecule has 3 atom stereocenters. The molecule has 35 heavy (non-hydrogen) atoms. The van der Waals surface area contributed by atoms with Crippen molar-refractivity contribution in [3.63, 3.8) is 0 Å². The average molecular weight is 473 g/mol. The number of ether oxygens (including phenoxy) is 2. The minimum Gasteiger partial charge on any atom is -0.493 e. The van der Waals surface area contributed by atoms with Gasteiger partial charge in [-0.05, 0) is 41.8 Å². The van der Waals surface area contributed by atoms with Crippen LogP contribution in [0.25, 0.3) is 0 Å². The number of benzene rings is 3. The van der Waals surface area contributed by atoms with E-state index in [9.17, 15) is 9.59 Å². The molecule has 2 aliphatic rings. The van der Waals surface area contributed by atoms with Crippen LogP contribution in [0.2, 0.25) is 0 Å². The van der Waals surface area contributed by atoms with Crippen molar-refractivity contribution in [1.29, 1.82) is 0 Å². The molecule has 0 spiro atoms. The zero-order valence-electron chi connectivity index (χ0n) is 19.8. The van der Waals surface area contributed by atoms with E-state index in [0.717, 1.165) is 23.2 Å². The molecule has 0 radical (unpaired) electrons. The normalized spacial score (nSPS) is 21.4. The minimum atomic E-state index is -0.890. The summed E-state index contributed by atoms with van der Waals surface area (Å²) in [6.45, 7) is 2.84. The third kappa shape index (κ3) is 4.23. The van der Waals surface area contributed by atoms with Crippen molar-refractivity contribution in [3.8, 4) is 11.5 Å². The quantitative estimate of drug-likeness (QED) is 0.449. The minimum absolute atomic E-state index is 0.222. The van der Waals surface area contributed by atoms with Crippen LogP contribution in [0.3, 0.4) is 0 Å². The van der Waals surface area contributed by atoms with Gasteiger partial charge in [-0.1, -0.05) is 61.5 Å². The Morgan fingerprint density at radius 1 is 0.886 bits per heavy atom. The SMILES string of the molecule is CCCOc1ccc([C@H]2[C@H]3C(=O)N(Cc4ccccc4)C(=O)[C@H]3ON2c2ccccc2)cc1OC. The molecule has 2 amide bonds. The summed E-state index contributed by atoms with van der Waals surface area (Å²) in [5, 5.41) is 1.69. The van der Waals surface area contributed by atoms with E-state index < -0.39 is 18.1 Å². The maximum Gasteiger partial charge on any atom is 0.262 e. The van der Waals surface area contributed by atoms with Gasteiger partial charge in [0.1, 0.15) is 5.92 Å². The summed E-state index contributed by atoms with van der Waals surface area (Å²) in [5.41, 5.74) is 2.47. The number of hydrogen-bond donors (Lipinski definition) is 0. The Labute approximate surface area is 204 Å². The molecule has 0 aliphatic carbocycles. The number of carbonyl (C=O) groups excluding carboxylic acids is 2. The van der Waals surface area contributed by atoms with Gasteiger partial charge in [-0.25, -0.2) is 5.06 Å². The average Bonchev–Trinajstić information content (AvgIpc) is 3.40. The predicted molar refractivity (Wildman–Crippen MR) is 131 cm³/mol. The summed E-state index contributed by atoms with van der Waals surface area (Å²) in [6, 6.07) is 24.2. The van der Waals surface area contributed by atoms with E-state index >= 15 is 0 Å². The summed E-state index contributed by atoms with van der Waals surface area (Å²) in [4.78, 5) is 34.5. The lowest BCUT2D eigenvalue weighted by Crippen LogP contribution is -2.36. The Hall–Kier alpha value is -3.84. The van der Waals surface area contributed by atoms with Crippen molar-refractivity contribution in [2.45, 2.75) is 32.0 Å². The first-order valence-corrected chi connectivity index (χ1v) is 11.8. The van der Waals surface area contributed by atoms with Gasteiger partial charge in [0.15, 0.2) is 17.6 Å². The number of fused-ring (bicyclic) bond motifs is 1. The maximum absolute atomic E-state index is 13.7. The second-order valence-corrected chi connectivity index (χ2v) is 8.66. The van der Waals surface area contributed by atoms with Gasteiger partial charge in [0, 0.05) is 0 Å². The fourth-order valence-electron chi connectivity index (χ4n) is 4.73. The number of imide groups is 1. The van der Waals surface area contributed by atoms with Gasteiger partial charge in [0.2, 0.25) is 5.91 Å². The van der Waals surface area contributed by atoms with Gasteiger partial charge >= 0.3 is 0 Å². The smallest absolute Gasteiger partial charge is 0.262 e. The second kappa shape index (κ2) is 9.80. The van der Waals surface area contributed by atoms with Crippen LogP contribution in [0.4, 0.5) is 5.69 Å². The zero-order chi connectivity index (χ0) is 24.4. The standard InChI is InChI=1S/C28H28N2O5/c1-3-16-34-22-15-14-20(17-23(22)33-2)25-24-26(35-30(25)21-12-8-5-9-13-21)28(32)29(27(24)31)18-19-10-6-4-7-11-19/h4-15,17,24-26H,3,16,18H2,1-2H3/t24-,25+,26+/m1/s1. The Bertz CT molecular complexity index is 1200. The molecule has 3 aromatic rings. The van der Waals surface area contributed by atoms with E-state index in [2.05, 4.69) is 0 Å². The second-order valence-electron chi connectivity index (χ2n) is 8.66. The number of likely N-dealkylation sites (tertiary alicyclic amines) is 1. The number of methoxy groups -OCH3 is 1. The third-order valence-corrected chi connectivity index (χ3v) is 6.39. The Balaban J connectivity index is 1.52. The highest BCUT2D eigenvalue weighted by Crippen LogP contribution is 2.48. The highest BCUT2D eigenvalue weighted by atomic mass is 16.7. The maximum atomic E-state index is 13.7. The Morgan fingerprint density at radius 3 is 2.29 bits per heavy atom. The number of amides is 2. The van der Waals surface area contributed by atoms with Crippen LogP contribution in [0.5, 0.6) is 11.5 Å². The molecule has 5 rings (SSSR count). The van der Waals surface area contributed by atoms with Gasteiger partial charge in [0.05, 0.1) is 32.0 Å². The topological polar surface area (TPSA) is 68.3 Å². The highest BCUT2D eigenvalue weighted by molar-refractivity contribution is 6.07. The Morgan fingerprint density at radius 2 is 1.60 bits per heavy atom. The number of carbonyl (C=O) groups is 2. The molecule has 7 heteroatoms. The summed E-state index contributed by atoms with van der Waals surface area (Å²) in [6.07, 6.45) is -0.0146. The number of hydroxylamine groups is 1. The van der Waals surface area contributed by atoms with E-state index in [4.69, 9.17) is 14.3 Å². The molecule has 0 aromatic heterocycles. The van der Waals surface area contributed by atoms with Crippen LogP contribution in [-0.2, 0) is 21.0 Å². The Kier molecular flexibility index (Phi) is 6.42. The van der Waals surface area contributed by atoms with Gasteiger partial charge in [-0.2, -0.15) is 0 Å². The lowest BCUT2D eigenvalue weighted by Gasteiger charge is -2.29. The first-order valence-electron chi connectivity index (χ1n) is 11.8. The molecule has 0 saturated carbocycles. The van der Waals surface area contributed by atoms with Gasteiger partial charge < -0.3 is 9.47 Å². The molecule has 0 bridgehead atoms. The van der Waals surface area contributed by atoms with Crippen LogP contribution in [0, 0.1) is 5.92 Å². The number of rotatable bonds is 8. The molecular formula is C28H28N2O5. The van der Waals surface area contributed by atoms with E-state index in [1.165, 1.54) is 4.90 Å². The van der Waals surface area contributed by atoms with Crippen molar-refractivity contribution in [2.24, 2.45) is 5.92 Å². The van der Waals surface area contributed by atoms with E-state index in [1.54, 1.807) is 12.2 Å². The molecule has 2 fully saturated rings. The molecule has 2 heterocycles. The first-order chi connectivity index (χ1) is 17.1. The molecule has 180 valence electrons. The van der Waals surface area contributed by atoms with Crippen molar-refractivity contribution in [1.82, 2.24) is 4.90 Å². The first kappa shape index (κ1) is 22.9. The van der Waals surface area contributed by atoms with Gasteiger partial charge in [-0.3, -0.25) is 19.3 Å². The van der Waals surface area contributed by atoms with Crippen molar-refractivity contribution < 1.29 is 23.9 Å². The lowest BCUT2D eigenvalue weighted by atomic mass is 9.90. The van der Waals surface area contributed by atoms with Crippen LogP contribution >= 0.6 is 0 Å². The largest absolute Gasteiger partial charge is 0.493 e. The number of anilines is 1. The predicted octanol–water partition coefficient (Wildman–Crippen LogP) is 4.53. The van der Waals surface area contributed by atoms with Gasteiger partial charge in [-0.15, -0.1) is 0 Å². The van der Waals surface area contributed by atoms with Crippen LogP contribution < -0.4 is 14.5 Å². The molecule has 7 nitrogen and oxygen atoms in total. The van der Waals surface area contributed by atoms with Crippen molar-refractivity contribution in [3.05, 3.63) is 90.0 Å². The third-order valence-electron chi connectivity index (χ3n) is 6.39. The van der Waals surface area contributed by atoms with E-state index in [0.29, 0.717) is 18.1 Å². The summed E-state index contributed by atoms with van der Waals surface area (Å²) in [7, 11) is 1.59. The molecule has 0 N–H and O–H groups in total. The van der Waals surface area contributed by atoms with Crippen LogP contribution in [-0.4, -0.2) is 36.5 Å². The highest BCUT2D eigenvalue weighted by Gasteiger charge is 2.59. The van der Waals surface area contributed by atoms with Crippen LogP contribution in [0.15, 0.2) is 78.9 Å². The van der Waals surface area contributed by atoms with Crippen molar-refractivity contribution in [2.75, 3.05) is 18.8 Å². The molecular weight excluding hydrogens is 444 g/mol.